The summed E-state index contributed by atoms with van der Waals surface area (Å²) < 4.78 is 6.97. The van der Waals surface area contributed by atoms with Gasteiger partial charge in [-0.05, 0) is 18.4 Å². The third-order valence-electron chi connectivity index (χ3n) is 6.08. The lowest BCUT2D eigenvalue weighted by atomic mass is 9.80. The molecule has 1 aliphatic rings. The minimum atomic E-state index is -1.16. The minimum absolute atomic E-state index is 0. The smallest absolute Gasteiger partial charge is 0.231 e. The van der Waals surface area contributed by atoms with Crippen LogP contribution in [0, 0.1) is 5.92 Å². The molecule has 160 valence electrons. The molecular formula is C25H31BrN2O2. The first-order chi connectivity index (χ1) is 14.0. The zero-order chi connectivity index (χ0) is 20.3. The standard InChI is InChI=1S/C25H31N2O2.BrH/c1-27(2,18-20-11-5-3-6-12-20)19-23-17-26-24(29-23)25(28,22-15-9-10-16-22)21-13-7-4-8-14-21;/h3-8,11-14,17,22,28H,9-10,15-16,18-19H2,1-2H3;1H/q+1;/p-1/t25-;/m1./s1. The van der Waals surface area contributed by atoms with Gasteiger partial charge in [0.05, 0.1) is 20.3 Å². The normalized spacial score (nSPS) is 16.8. The molecule has 1 heterocycles. The van der Waals surface area contributed by atoms with Crippen molar-refractivity contribution in [2.75, 3.05) is 14.1 Å². The van der Waals surface area contributed by atoms with E-state index >= 15 is 0 Å². The molecule has 1 saturated carbocycles. The van der Waals surface area contributed by atoms with Gasteiger partial charge in [0, 0.05) is 11.5 Å². The molecule has 0 amide bonds. The Bertz CT molecular complexity index is 921. The van der Waals surface area contributed by atoms with Crippen LogP contribution in [0.3, 0.4) is 0 Å². The van der Waals surface area contributed by atoms with E-state index in [4.69, 9.17) is 4.42 Å². The van der Waals surface area contributed by atoms with Gasteiger partial charge < -0.3 is 31.0 Å². The van der Waals surface area contributed by atoms with Gasteiger partial charge in [-0.2, -0.15) is 0 Å². The predicted octanol–water partition coefficient (Wildman–Crippen LogP) is 1.88. The Kier molecular flexibility index (Phi) is 7.17. The third-order valence-corrected chi connectivity index (χ3v) is 6.08. The number of aromatic nitrogens is 1. The van der Waals surface area contributed by atoms with Gasteiger partial charge in [-0.15, -0.1) is 0 Å². The van der Waals surface area contributed by atoms with Crippen molar-refractivity contribution in [2.45, 2.75) is 44.4 Å². The van der Waals surface area contributed by atoms with Crippen molar-refractivity contribution in [1.82, 2.24) is 4.98 Å². The zero-order valence-corrected chi connectivity index (χ0v) is 19.4. The average molecular weight is 471 g/mol. The van der Waals surface area contributed by atoms with E-state index in [0.717, 1.165) is 54.6 Å². The van der Waals surface area contributed by atoms with E-state index in [1.165, 1.54) is 5.56 Å². The molecule has 1 atom stereocenters. The Morgan fingerprint density at radius 2 is 1.57 bits per heavy atom. The van der Waals surface area contributed by atoms with Crippen molar-refractivity contribution in [3.05, 3.63) is 89.6 Å². The Hall–Kier alpha value is -1.95. The van der Waals surface area contributed by atoms with Crippen LogP contribution in [0.2, 0.25) is 0 Å². The van der Waals surface area contributed by atoms with Gasteiger partial charge in [-0.25, -0.2) is 4.98 Å². The Morgan fingerprint density at radius 1 is 0.967 bits per heavy atom. The second-order valence-electron chi connectivity index (χ2n) is 8.98. The molecule has 5 heteroatoms. The summed E-state index contributed by atoms with van der Waals surface area (Å²) in [5, 5.41) is 11.8. The molecule has 4 rings (SSSR count). The molecule has 1 fully saturated rings. The first-order valence-electron chi connectivity index (χ1n) is 10.6. The lowest BCUT2D eigenvalue weighted by molar-refractivity contribution is -0.917. The summed E-state index contributed by atoms with van der Waals surface area (Å²) in [4.78, 5) is 4.57. The lowest BCUT2D eigenvalue weighted by Gasteiger charge is -2.32. The van der Waals surface area contributed by atoms with Gasteiger partial charge in [0.15, 0.2) is 11.4 Å². The number of hydrogen-bond donors (Lipinski definition) is 1. The van der Waals surface area contributed by atoms with Crippen molar-refractivity contribution >= 4 is 0 Å². The van der Waals surface area contributed by atoms with Crippen molar-refractivity contribution in [1.29, 1.82) is 0 Å². The van der Waals surface area contributed by atoms with Crippen LogP contribution in [0.25, 0.3) is 0 Å². The molecule has 4 nitrogen and oxygen atoms in total. The summed E-state index contributed by atoms with van der Waals surface area (Å²) in [6.07, 6.45) is 6.09. The van der Waals surface area contributed by atoms with E-state index in [-0.39, 0.29) is 22.9 Å². The van der Waals surface area contributed by atoms with Crippen LogP contribution in [0.1, 0.15) is 48.5 Å². The van der Waals surface area contributed by atoms with E-state index in [2.05, 4.69) is 43.3 Å². The van der Waals surface area contributed by atoms with Gasteiger partial charge in [0.2, 0.25) is 5.89 Å². The van der Waals surface area contributed by atoms with Crippen molar-refractivity contribution in [3.63, 3.8) is 0 Å². The summed E-state index contributed by atoms with van der Waals surface area (Å²) in [6, 6.07) is 20.4. The Morgan fingerprint density at radius 3 is 2.20 bits per heavy atom. The molecule has 0 unspecified atom stereocenters. The first kappa shape index (κ1) is 22.7. The van der Waals surface area contributed by atoms with E-state index < -0.39 is 5.60 Å². The summed E-state index contributed by atoms with van der Waals surface area (Å²) in [7, 11) is 4.38. The van der Waals surface area contributed by atoms with E-state index in [0.29, 0.717) is 5.89 Å². The maximum atomic E-state index is 11.8. The van der Waals surface area contributed by atoms with Crippen LogP contribution >= 0.6 is 0 Å². The van der Waals surface area contributed by atoms with E-state index in [9.17, 15) is 5.11 Å². The molecule has 0 saturated heterocycles. The first-order valence-corrected chi connectivity index (χ1v) is 10.6. The predicted molar refractivity (Wildman–Crippen MR) is 114 cm³/mol. The lowest BCUT2D eigenvalue weighted by Crippen LogP contribution is -3.00. The second kappa shape index (κ2) is 9.46. The number of halogens is 1. The number of hydrogen-bond acceptors (Lipinski definition) is 3. The van der Waals surface area contributed by atoms with Crippen molar-refractivity contribution < 1.29 is 31.0 Å². The number of aliphatic hydroxyl groups is 1. The largest absolute Gasteiger partial charge is 1.00 e. The number of oxazole rings is 1. The molecule has 3 aromatic rings. The molecule has 1 aromatic heterocycles. The maximum Gasteiger partial charge on any atom is 0.231 e. The minimum Gasteiger partial charge on any atom is -1.00 e. The molecule has 2 aromatic carbocycles. The molecule has 1 N–H and O–H groups in total. The second-order valence-corrected chi connectivity index (χ2v) is 8.98. The number of quaternary nitrogens is 1. The highest BCUT2D eigenvalue weighted by molar-refractivity contribution is 5.30. The van der Waals surface area contributed by atoms with Gasteiger partial charge in [0.1, 0.15) is 13.1 Å². The fourth-order valence-corrected chi connectivity index (χ4v) is 4.68. The highest BCUT2D eigenvalue weighted by Gasteiger charge is 2.45. The molecule has 1 aliphatic carbocycles. The van der Waals surface area contributed by atoms with Crippen LogP contribution < -0.4 is 17.0 Å². The van der Waals surface area contributed by atoms with Crippen molar-refractivity contribution in [2.24, 2.45) is 5.92 Å². The Labute approximate surface area is 189 Å². The Balaban J connectivity index is 0.00000256. The highest BCUT2D eigenvalue weighted by Crippen LogP contribution is 2.44. The number of rotatable bonds is 7. The number of nitrogens with zero attached hydrogens (tertiary/aromatic N) is 2. The van der Waals surface area contributed by atoms with Crippen LogP contribution in [0.5, 0.6) is 0 Å². The molecule has 0 aliphatic heterocycles. The summed E-state index contributed by atoms with van der Waals surface area (Å²) in [6.45, 7) is 1.62. The molecule has 0 spiro atoms. The molecule has 0 bridgehead atoms. The quantitative estimate of drug-likeness (QED) is 0.536. The van der Waals surface area contributed by atoms with Gasteiger partial charge >= 0.3 is 0 Å². The summed E-state index contributed by atoms with van der Waals surface area (Å²) in [5.41, 5.74) is 1.01. The van der Waals surface area contributed by atoms with E-state index in [1.54, 1.807) is 6.20 Å². The topological polar surface area (TPSA) is 46.3 Å². The monoisotopic (exact) mass is 470 g/mol. The molecular weight excluding hydrogens is 440 g/mol. The van der Waals surface area contributed by atoms with Gasteiger partial charge in [0.25, 0.3) is 0 Å². The van der Waals surface area contributed by atoms with Gasteiger partial charge in [-0.1, -0.05) is 73.5 Å². The fraction of sp³-hybridized carbons (Fsp3) is 0.400. The SMILES string of the molecule is C[N+](C)(Cc1ccccc1)Cc1cnc([C@@](O)(c2ccccc2)C2CCCC2)o1.[Br-]. The fourth-order valence-electron chi connectivity index (χ4n) is 4.68. The van der Waals surface area contributed by atoms with Crippen LogP contribution in [0.15, 0.2) is 71.3 Å². The van der Waals surface area contributed by atoms with Gasteiger partial charge in [-0.3, -0.25) is 0 Å². The summed E-state index contributed by atoms with van der Waals surface area (Å²) >= 11 is 0. The van der Waals surface area contributed by atoms with E-state index in [1.807, 2.05) is 36.4 Å². The number of benzene rings is 2. The summed E-state index contributed by atoms with van der Waals surface area (Å²) in [5.74, 6) is 1.39. The highest BCUT2D eigenvalue weighted by atomic mass is 79.9. The third kappa shape index (κ3) is 4.85. The van der Waals surface area contributed by atoms with Crippen LogP contribution in [-0.2, 0) is 18.7 Å². The maximum absolute atomic E-state index is 11.8. The zero-order valence-electron chi connectivity index (χ0n) is 17.8. The average Bonchev–Trinajstić information content (AvgIpc) is 3.41. The van der Waals surface area contributed by atoms with Crippen LogP contribution in [-0.4, -0.2) is 28.7 Å². The van der Waals surface area contributed by atoms with Crippen molar-refractivity contribution in [3.8, 4) is 0 Å². The molecule has 30 heavy (non-hydrogen) atoms. The van der Waals surface area contributed by atoms with Crippen LogP contribution in [0.4, 0.5) is 0 Å². The molecule has 0 radical (unpaired) electrons.